The molecule has 74 valence electrons. The van der Waals surface area contributed by atoms with Crippen LogP contribution in [-0.2, 0) is 4.79 Å². The normalized spacial score (nSPS) is 12.6. The number of fused-ring (bicyclic) bond motifs is 1. The first-order valence-electron chi connectivity index (χ1n) is 4.07. The van der Waals surface area contributed by atoms with Crippen molar-refractivity contribution in [2.24, 2.45) is 0 Å². The molecule has 0 aliphatic carbocycles. The number of rotatable bonds is 1. The van der Waals surface area contributed by atoms with E-state index in [0.717, 1.165) is 0 Å². The van der Waals surface area contributed by atoms with Crippen molar-refractivity contribution in [2.45, 2.75) is 6.92 Å². The average Bonchev–Trinajstić information content (AvgIpc) is 2.51. The molecule has 0 saturated carbocycles. The highest BCUT2D eigenvalue weighted by molar-refractivity contribution is 5.91. The van der Waals surface area contributed by atoms with Gasteiger partial charge in [0.05, 0.1) is 5.69 Å². The van der Waals surface area contributed by atoms with Crippen molar-refractivity contribution in [1.29, 1.82) is 0 Å². The van der Waals surface area contributed by atoms with Gasteiger partial charge in [0.25, 0.3) is 0 Å². The summed E-state index contributed by atoms with van der Waals surface area (Å²) in [5, 5.41) is 12.0. The van der Waals surface area contributed by atoms with Crippen LogP contribution in [0.15, 0.2) is 12.1 Å². The van der Waals surface area contributed by atoms with Crippen molar-refractivity contribution in [1.82, 2.24) is 0 Å². The Morgan fingerprint density at radius 1 is 1.43 bits per heavy atom. The van der Waals surface area contributed by atoms with Crippen molar-refractivity contribution in [3.8, 4) is 17.2 Å². The highest BCUT2D eigenvalue weighted by Gasteiger charge is 2.17. The van der Waals surface area contributed by atoms with E-state index in [1.54, 1.807) is 0 Å². The van der Waals surface area contributed by atoms with Gasteiger partial charge >= 0.3 is 0 Å². The third-order valence-corrected chi connectivity index (χ3v) is 1.80. The lowest BCUT2D eigenvalue weighted by molar-refractivity contribution is -0.114. The molecule has 0 fully saturated rings. The minimum atomic E-state index is -0.251. The van der Waals surface area contributed by atoms with Crippen LogP contribution in [-0.4, -0.2) is 17.8 Å². The maximum Gasteiger partial charge on any atom is 0.231 e. The average molecular weight is 195 g/mol. The van der Waals surface area contributed by atoms with Gasteiger partial charge in [-0.3, -0.25) is 4.79 Å². The lowest BCUT2D eigenvalue weighted by Crippen LogP contribution is -2.05. The van der Waals surface area contributed by atoms with Gasteiger partial charge in [-0.2, -0.15) is 0 Å². The first-order valence-corrected chi connectivity index (χ1v) is 4.07. The lowest BCUT2D eigenvalue weighted by Gasteiger charge is -2.05. The van der Waals surface area contributed by atoms with Crippen LogP contribution >= 0.6 is 0 Å². The number of amides is 1. The topological polar surface area (TPSA) is 67.8 Å². The van der Waals surface area contributed by atoms with Crippen LogP contribution in [0.1, 0.15) is 6.92 Å². The predicted octanol–water partition coefficient (Wildman–Crippen LogP) is 1.08. The zero-order chi connectivity index (χ0) is 10.1. The molecule has 2 N–H and O–H groups in total. The smallest absolute Gasteiger partial charge is 0.231 e. The Kier molecular flexibility index (Phi) is 1.92. The predicted molar refractivity (Wildman–Crippen MR) is 48.5 cm³/mol. The van der Waals surface area contributed by atoms with E-state index in [2.05, 4.69) is 5.32 Å². The summed E-state index contributed by atoms with van der Waals surface area (Å²) in [5.41, 5.74) is 0.321. The lowest BCUT2D eigenvalue weighted by atomic mass is 10.2. The molecule has 1 heterocycles. The number of carbonyl (C=O) groups is 1. The van der Waals surface area contributed by atoms with E-state index in [0.29, 0.717) is 17.2 Å². The Morgan fingerprint density at radius 3 is 2.71 bits per heavy atom. The van der Waals surface area contributed by atoms with Crippen molar-refractivity contribution in [2.75, 3.05) is 12.1 Å². The molecule has 2 rings (SSSR count). The van der Waals surface area contributed by atoms with Crippen LogP contribution in [0.5, 0.6) is 17.2 Å². The van der Waals surface area contributed by atoms with Crippen LogP contribution < -0.4 is 14.8 Å². The second-order valence-corrected chi connectivity index (χ2v) is 2.90. The number of phenols is 1. The summed E-state index contributed by atoms with van der Waals surface area (Å²) in [6, 6.07) is 2.94. The van der Waals surface area contributed by atoms with Gasteiger partial charge in [0.2, 0.25) is 12.7 Å². The fraction of sp³-hybridized carbons (Fsp3) is 0.222. The number of hydrogen-bond acceptors (Lipinski definition) is 4. The van der Waals surface area contributed by atoms with Crippen LogP contribution in [0, 0.1) is 0 Å². The van der Waals surface area contributed by atoms with E-state index in [1.807, 2.05) is 0 Å². The number of benzene rings is 1. The zero-order valence-corrected chi connectivity index (χ0v) is 7.53. The largest absolute Gasteiger partial charge is 0.506 e. The minimum absolute atomic E-state index is 0.0375. The molecule has 1 amide bonds. The number of aromatic hydroxyl groups is 1. The Bertz CT molecular complexity index is 389. The molecular weight excluding hydrogens is 186 g/mol. The fourth-order valence-corrected chi connectivity index (χ4v) is 1.22. The van der Waals surface area contributed by atoms with E-state index in [-0.39, 0.29) is 18.4 Å². The molecule has 0 unspecified atom stereocenters. The summed E-state index contributed by atoms with van der Waals surface area (Å²) in [4.78, 5) is 10.8. The molecule has 0 spiro atoms. The number of carbonyl (C=O) groups excluding carboxylic acids is 1. The maximum atomic E-state index is 10.8. The van der Waals surface area contributed by atoms with Gasteiger partial charge < -0.3 is 19.9 Å². The van der Waals surface area contributed by atoms with Gasteiger partial charge in [0.15, 0.2) is 11.5 Å². The molecule has 1 aromatic carbocycles. The molecule has 0 radical (unpaired) electrons. The molecule has 1 aliphatic heterocycles. The first-order chi connectivity index (χ1) is 6.66. The van der Waals surface area contributed by atoms with E-state index in [9.17, 15) is 9.90 Å². The second-order valence-electron chi connectivity index (χ2n) is 2.90. The van der Waals surface area contributed by atoms with E-state index in [4.69, 9.17) is 9.47 Å². The summed E-state index contributed by atoms with van der Waals surface area (Å²) in [6.07, 6.45) is 0. The Balaban J connectivity index is 2.37. The van der Waals surface area contributed by atoms with Gasteiger partial charge in [0.1, 0.15) is 5.75 Å². The van der Waals surface area contributed by atoms with E-state index in [1.165, 1.54) is 19.1 Å². The maximum absolute atomic E-state index is 10.8. The van der Waals surface area contributed by atoms with Crippen molar-refractivity contribution < 1.29 is 19.4 Å². The highest BCUT2D eigenvalue weighted by Crippen LogP contribution is 2.40. The quantitative estimate of drug-likeness (QED) is 0.658. The molecule has 0 aromatic heterocycles. The van der Waals surface area contributed by atoms with E-state index < -0.39 is 0 Å². The summed E-state index contributed by atoms with van der Waals surface area (Å²) in [6.45, 7) is 1.50. The van der Waals surface area contributed by atoms with Gasteiger partial charge in [-0.05, 0) is 0 Å². The molecule has 5 heteroatoms. The van der Waals surface area contributed by atoms with Crippen LogP contribution in [0.2, 0.25) is 0 Å². The number of phenolic OH excluding ortho intramolecular Hbond substituents is 1. The van der Waals surface area contributed by atoms with E-state index >= 15 is 0 Å². The number of nitrogens with one attached hydrogen (secondary N) is 1. The van der Waals surface area contributed by atoms with Gasteiger partial charge in [-0.1, -0.05) is 0 Å². The van der Waals surface area contributed by atoms with Crippen LogP contribution in [0.3, 0.4) is 0 Å². The van der Waals surface area contributed by atoms with Gasteiger partial charge in [-0.25, -0.2) is 0 Å². The molecule has 0 atom stereocenters. The second kappa shape index (κ2) is 3.10. The molecule has 5 nitrogen and oxygen atoms in total. The summed E-state index contributed by atoms with van der Waals surface area (Å²) in [7, 11) is 0. The van der Waals surface area contributed by atoms with Crippen LogP contribution in [0.25, 0.3) is 0 Å². The monoisotopic (exact) mass is 195 g/mol. The van der Waals surface area contributed by atoms with Gasteiger partial charge in [0, 0.05) is 19.1 Å². The number of anilines is 1. The Hall–Kier alpha value is -1.91. The minimum Gasteiger partial charge on any atom is -0.506 e. The molecule has 1 aromatic rings. The molecule has 0 bridgehead atoms. The van der Waals surface area contributed by atoms with Crippen molar-refractivity contribution in [3.63, 3.8) is 0 Å². The summed E-state index contributed by atoms with van der Waals surface area (Å²) < 4.78 is 10.1. The number of hydrogen-bond donors (Lipinski definition) is 2. The van der Waals surface area contributed by atoms with Crippen molar-refractivity contribution in [3.05, 3.63) is 12.1 Å². The van der Waals surface area contributed by atoms with Gasteiger partial charge in [-0.15, -0.1) is 0 Å². The standard InChI is InChI=1S/C9H9NO4/c1-5(11)10-6-2-8-9(3-7(6)12)14-4-13-8/h2-3,12H,4H2,1H3,(H,10,11). The molecule has 0 saturated heterocycles. The fourth-order valence-electron chi connectivity index (χ4n) is 1.22. The zero-order valence-electron chi connectivity index (χ0n) is 7.53. The third-order valence-electron chi connectivity index (χ3n) is 1.80. The van der Waals surface area contributed by atoms with Crippen molar-refractivity contribution >= 4 is 11.6 Å². The summed E-state index contributed by atoms with van der Waals surface area (Å²) >= 11 is 0. The highest BCUT2D eigenvalue weighted by atomic mass is 16.7. The first kappa shape index (κ1) is 8.68. The Morgan fingerprint density at radius 2 is 2.07 bits per heavy atom. The molecule has 14 heavy (non-hydrogen) atoms. The SMILES string of the molecule is CC(=O)Nc1cc2c(cc1O)OCO2. The third kappa shape index (κ3) is 1.44. The molecular formula is C9H9NO4. The number of ether oxygens (including phenoxy) is 2. The van der Waals surface area contributed by atoms with Crippen LogP contribution in [0.4, 0.5) is 5.69 Å². The molecule has 1 aliphatic rings. The Labute approximate surface area is 80.3 Å². The summed E-state index contributed by atoms with van der Waals surface area (Å²) in [5.74, 6) is 0.715.